The van der Waals surface area contributed by atoms with E-state index in [1.54, 1.807) is 18.2 Å². The van der Waals surface area contributed by atoms with E-state index in [9.17, 15) is 24.3 Å². The van der Waals surface area contributed by atoms with E-state index in [1.165, 1.54) is 19.1 Å². The maximum Gasteiger partial charge on any atom is 0.323 e. The van der Waals surface area contributed by atoms with Crippen LogP contribution in [0, 0.1) is 0 Å². The Morgan fingerprint density at radius 2 is 1.58 bits per heavy atom. The first-order valence-corrected chi connectivity index (χ1v) is 14.6. The Labute approximate surface area is 251 Å². The number of nitrogens with zero attached hydrogens (tertiary/aromatic N) is 2. The van der Waals surface area contributed by atoms with Crippen molar-refractivity contribution in [3.05, 3.63) is 101 Å². The number of likely N-dealkylation sites (N-methyl/N-ethyl adjacent to an activating group) is 1. The highest BCUT2D eigenvalue weighted by Crippen LogP contribution is 2.48. The summed E-state index contributed by atoms with van der Waals surface area (Å²) in [7, 11) is 3.05. The molecule has 1 fully saturated rings. The van der Waals surface area contributed by atoms with E-state index in [-0.39, 0.29) is 23.8 Å². The second-order valence-corrected chi connectivity index (χ2v) is 11.3. The average Bonchev–Trinajstić information content (AvgIpc) is 3.04. The third kappa shape index (κ3) is 5.84. The highest BCUT2D eigenvalue weighted by atomic mass is 16.5. The molecule has 43 heavy (non-hydrogen) atoms. The minimum Gasteiger partial charge on any atom is -0.496 e. The van der Waals surface area contributed by atoms with Crippen molar-refractivity contribution >= 4 is 23.7 Å². The number of para-hydroxylation sites is 1. The minimum absolute atomic E-state index is 0.00922. The van der Waals surface area contributed by atoms with Crippen LogP contribution in [0.2, 0.25) is 0 Å². The molecule has 3 aromatic carbocycles. The normalized spacial score (nSPS) is 20.0. The number of hydrogen-bond donors (Lipinski definition) is 2. The summed E-state index contributed by atoms with van der Waals surface area (Å²) in [6.45, 7) is 0.609. The summed E-state index contributed by atoms with van der Waals surface area (Å²) in [6.07, 6.45) is 2.08. The number of fused-ring (bicyclic) bond motifs is 1. The van der Waals surface area contributed by atoms with Gasteiger partial charge in [-0.3, -0.25) is 19.2 Å². The second kappa shape index (κ2) is 12.7. The van der Waals surface area contributed by atoms with Crippen LogP contribution in [-0.4, -0.2) is 78.4 Å². The summed E-state index contributed by atoms with van der Waals surface area (Å²) in [4.78, 5) is 55.6. The third-order valence-electron chi connectivity index (χ3n) is 8.75. The largest absolute Gasteiger partial charge is 0.496 e. The summed E-state index contributed by atoms with van der Waals surface area (Å²) in [5.41, 5.74) is 1.70. The number of amides is 3. The monoisotopic (exact) mass is 583 g/mol. The van der Waals surface area contributed by atoms with Crippen LogP contribution in [0.25, 0.3) is 0 Å². The zero-order valence-corrected chi connectivity index (χ0v) is 24.5. The molecule has 2 atom stereocenters. The molecule has 9 heteroatoms. The number of piperidine rings is 1. The van der Waals surface area contributed by atoms with Crippen LogP contribution in [0.4, 0.5) is 0 Å². The van der Waals surface area contributed by atoms with E-state index < -0.39 is 23.8 Å². The molecular formula is C34H37N3O6. The van der Waals surface area contributed by atoms with Crippen LogP contribution in [0.5, 0.6) is 5.75 Å². The van der Waals surface area contributed by atoms with E-state index in [2.05, 4.69) is 5.32 Å². The van der Waals surface area contributed by atoms with Gasteiger partial charge in [-0.25, -0.2) is 0 Å². The number of nitrogens with one attached hydrogen (secondary N) is 1. The first kappa shape index (κ1) is 29.8. The Morgan fingerprint density at radius 3 is 2.28 bits per heavy atom. The second-order valence-electron chi connectivity index (χ2n) is 11.3. The number of carbonyl (C=O) groups excluding carboxylic acids is 3. The molecule has 9 nitrogen and oxygen atoms in total. The van der Waals surface area contributed by atoms with Crippen molar-refractivity contribution in [2.24, 2.45) is 0 Å². The van der Waals surface area contributed by atoms with Crippen LogP contribution in [0.3, 0.4) is 0 Å². The number of likely N-dealkylation sites (tertiary alicyclic amines) is 1. The van der Waals surface area contributed by atoms with Crippen molar-refractivity contribution in [1.29, 1.82) is 0 Å². The van der Waals surface area contributed by atoms with Gasteiger partial charge in [0.25, 0.3) is 5.91 Å². The highest BCUT2D eigenvalue weighted by Gasteiger charge is 2.50. The SMILES string of the molecule is COc1ccccc1C(=O)NC1CCN(C(=O)[C@H]2CC[C@@](C(=O)N(C)CC(=O)O)(c3ccccc3)c3ccccc32)CC1. The number of carboxylic acids is 1. The van der Waals surface area contributed by atoms with Crippen molar-refractivity contribution in [2.45, 2.75) is 43.1 Å². The van der Waals surface area contributed by atoms with Crippen LogP contribution < -0.4 is 10.1 Å². The first-order valence-electron chi connectivity index (χ1n) is 14.6. The number of carboxylic acid groups (broad SMARTS) is 1. The van der Waals surface area contributed by atoms with Gasteiger partial charge in [0.1, 0.15) is 12.3 Å². The molecule has 1 aliphatic heterocycles. The summed E-state index contributed by atoms with van der Waals surface area (Å²) in [6, 6.07) is 24.0. The molecule has 1 saturated heterocycles. The number of benzene rings is 3. The lowest BCUT2D eigenvalue weighted by Crippen LogP contribution is -2.52. The molecular weight excluding hydrogens is 546 g/mol. The molecule has 2 N–H and O–H groups in total. The number of methoxy groups -OCH3 is 1. The van der Waals surface area contributed by atoms with Gasteiger partial charge in [-0.05, 0) is 54.5 Å². The predicted octanol–water partition coefficient (Wildman–Crippen LogP) is 3.82. The zero-order chi connectivity index (χ0) is 30.6. The third-order valence-corrected chi connectivity index (χ3v) is 8.75. The Morgan fingerprint density at radius 1 is 0.930 bits per heavy atom. The number of ether oxygens (including phenoxy) is 1. The van der Waals surface area contributed by atoms with Gasteiger partial charge in [0.15, 0.2) is 0 Å². The average molecular weight is 584 g/mol. The van der Waals surface area contributed by atoms with Gasteiger partial charge < -0.3 is 25.0 Å². The molecule has 0 aromatic heterocycles. The van der Waals surface area contributed by atoms with Gasteiger partial charge in [-0.2, -0.15) is 0 Å². The van der Waals surface area contributed by atoms with E-state index >= 15 is 0 Å². The van der Waals surface area contributed by atoms with Crippen molar-refractivity contribution < 1.29 is 29.0 Å². The Bertz CT molecular complexity index is 1500. The lowest BCUT2D eigenvalue weighted by molar-refractivity contribution is -0.145. The maximum atomic E-state index is 14.1. The van der Waals surface area contributed by atoms with Gasteiger partial charge >= 0.3 is 5.97 Å². The van der Waals surface area contributed by atoms with Gasteiger partial charge in [0.2, 0.25) is 11.8 Å². The fraction of sp³-hybridized carbons (Fsp3) is 0.353. The molecule has 5 rings (SSSR count). The van der Waals surface area contributed by atoms with Crippen LogP contribution in [0.1, 0.15) is 58.6 Å². The van der Waals surface area contributed by atoms with Crippen molar-refractivity contribution in [3.63, 3.8) is 0 Å². The summed E-state index contributed by atoms with van der Waals surface area (Å²) in [5, 5.41) is 12.5. The van der Waals surface area contributed by atoms with E-state index in [1.807, 2.05) is 65.6 Å². The molecule has 1 heterocycles. The van der Waals surface area contributed by atoms with Crippen LogP contribution >= 0.6 is 0 Å². The van der Waals surface area contributed by atoms with Crippen molar-refractivity contribution in [2.75, 3.05) is 33.8 Å². The lowest BCUT2D eigenvalue weighted by Gasteiger charge is -2.44. The van der Waals surface area contributed by atoms with E-state index in [0.717, 1.165) is 16.7 Å². The fourth-order valence-corrected chi connectivity index (χ4v) is 6.63. The van der Waals surface area contributed by atoms with Crippen molar-refractivity contribution in [1.82, 2.24) is 15.1 Å². The van der Waals surface area contributed by atoms with Gasteiger partial charge in [0.05, 0.1) is 24.0 Å². The van der Waals surface area contributed by atoms with Gasteiger partial charge in [0, 0.05) is 26.2 Å². The van der Waals surface area contributed by atoms with Gasteiger partial charge in [-0.15, -0.1) is 0 Å². The maximum absolute atomic E-state index is 14.1. The quantitative estimate of drug-likeness (QED) is 0.417. The van der Waals surface area contributed by atoms with Crippen LogP contribution in [0.15, 0.2) is 78.9 Å². The molecule has 0 unspecified atom stereocenters. The summed E-state index contributed by atoms with van der Waals surface area (Å²) in [5.74, 6) is -1.48. The number of rotatable bonds is 8. The molecule has 3 amide bonds. The Balaban J connectivity index is 1.35. The zero-order valence-electron chi connectivity index (χ0n) is 24.5. The van der Waals surface area contributed by atoms with E-state index in [4.69, 9.17) is 4.74 Å². The molecule has 0 saturated carbocycles. The highest BCUT2D eigenvalue weighted by molar-refractivity contribution is 5.97. The predicted molar refractivity (Wildman–Crippen MR) is 161 cm³/mol. The lowest BCUT2D eigenvalue weighted by atomic mass is 9.62. The number of hydrogen-bond acceptors (Lipinski definition) is 5. The van der Waals surface area contributed by atoms with Crippen molar-refractivity contribution in [3.8, 4) is 5.75 Å². The molecule has 1 aliphatic carbocycles. The summed E-state index contributed by atoms with van der Waals surface area (Å²) >= 11 is 0. The standard InChI is InChI=1S/C34H37N3O6/c1-36(22-30(38)39)33(42)34(23-10-4-3-5-11-23)19-16-26(25-12-6-8-14-28(25)34)32(41)37-20-17-24(18-21-37)35-31(40)27-13-7-9-15-29(27)43-2/h3-15,24,26H,16-22H2,1-2H3,(H,35,40)(H,38,39)/t26-,34+/m0/s1. The molecule has 0 bridgehead atoms. The smallest absolute Gasteiger partial charge is 0.323 e. The number of aliphatic carboxylic acids is 1. The fourth-order valence-electron chi connectivity index (χ4n) is 6.63. The summed E-state index contributed by atoms with van der Waals surface area (Å²) < 4.78 is 5.32. The number of carbonyl (C=O) groups is 4. The Hall–Kier alpha value is -4.66. The topological polar surface area (TPSA) is 116 Å². The molecule has 0 spiro atoms. The molecule has 224 valence electrons. The Kier molecular flexibility index (Phi) is 8.80. The molecule has 0 radical (unpaired) electrons. The van der Waals surface area contributed by atoms with Gasteiger partial charge in [-0.1, -0.05) is 66.7 Å². The van der Waals surface area contributed by atoms with E-state index in [0.29, 0.717) is 50.1 Å². The molecule has 2 aliphatic rings. The van der Waals surface area contributed by atoms with Crippen LogP contribution in [-0.2, 0) is 19.8 Å². The minimum atomic E-state index is -1.10. The first-order chi connectivity index (χ1) is 20.8. The molecule has 3 aromatic rings.